The summed E-state index contributed by atoms with van der Waals surface area (Å²) in [6.45, 7) is 7.08. The van der Waals surface area contributed by atoms with Crippen LogP contribution in [0.15, 0.2) is 9.59 Å². The molecule has 1 aromatic heterocycles. The summed E-state index contributed by atoms with van der Waals surface area (Å²) in [6, 6.07) is 2.18. The van der Waals surface area contributed by atoms with Gasteiger partial charge in [0.05, 0.1) is 0 Å². The van der Waals surface area contributed by atoms with Crippen LogP contribution in [0, 0.1) is 17.2 Å². The lowest BCUT2D eigenvalue weighted by molar-refractivity contribution is 0.144. The molecule has 0 aromatic carbocycles. The van der Waals surface area contributed by atoms with Gasteiger partial charge in [0.15, 0.2) is 5.56 Å². The first kappa shape index (κ1) is 17.3. The Kier molecular flexibility index (Phi) is 5.26. The number of nitriles is 1. The molecule has 0 radical (unpaired) electrons. The third kappa shape index (κ3) is 3.48. The minimum absolute atomic E-state index is 0.0196. The maximum atomic E-state index is 12.1. The SMILES string of the molecule is CC1CCCN(C(C)CNc2c(C#N)c(=O)n(C)c(=O)n2C)C1. The van der Waals surface area contributed by atoms with E-state index in [1.165, 1.54) is 24.5 Å². The van der Waals surface area contributed by atoms with Crippen LogP contribution >= 0.6 is 0 Å². The van der Waals surface area contributed by atoms with Crippen LogP contribution in [0.2, 0.25) is 0 Å². The predicted octanol–water partition coefficient (Wildman–Crippen LogP) is 0.488. The second kappa shape index (κ2) is 7.01. The van der Waals surface area contributed by atoms with E-state index in [0.717, 1.165) is 17.7 Å². The topological polar surface area (TPSA) is 83.1 Å². The Bertz CT molecular complexity index is 728. The van der Waals surface area contributed by atoms with Gasteiger partial charge < -0.3 is 5.32 Å². The number of piperidine rings is 1. The van der Waals surface area contributed by atoms with Gasteiger partial charge in [-0.25, -0.2) is 4.79 Å². The number of aromatic nitrogens is 2. The normalized spacial score (nSPS) is 20.0. The maximum absolute atomic E-state index is 12.1. The van der Waals surface area contributed by atoms with E-state index in [1.54, 1.807) is 7.05 Å². The van der Waals surface area contributed by atoms with Crippen molar-refractivity contribution < 1.29 is 0 Å². The van der Waals surface area contributed by atoms with Gasteiger partial charge in [-0.2, -0.15) is 5.26 Å². The molecule has 7 nitrogen and oxygen atoms in total. The predicted molar refractivity (Wildman–Crippen MR) is 89.6 cm³/mol. The Morgan fingerprint density at radius 2 is 2.04 bits per heavy atom. The van der Waals surface area contributed by atoms with E-state index < -0.39 is 11.2 Å². The van der Waals surface area contributed by atoms with Gasteiger partial charge in [0.25, 0.3) is 5.56 Å². The fraction of sp³-hybridized carbons (Fsp3) is 0.688. The van der Waals surface area contributed by atoms with Crippen LogP contribution in [0.25, 0.3) is 0 Å². The molecule has 0 bridgehead atoms. The fourth-order valence-corrected chi connectivity index (χ4v) is 3.15. The van der Waals surface area contributed by atoms with Crippen LogP contribution in [0.1, 0.15) is 32.3 Å². The Labute approximate surface area is 136 Å². The van der Waals surface area contributed by atoms with Gasteiger partial charge in [0, 0.05) is 33.2 Å². The fourth-order valence-electron chi connectivity index (χ4n) is 3.15. The molecule has 0 amide bonds. The summed E-state index contributed by atoms with van der Waals surface area (Å²) < 4.78 is 2.28. The van der Waals surface area contributed by atoms with Gasteiger partial charge in [-0.3, -0.25) is 18.8 Å². The molecule has 2 rings (SSSR count). The van der Waals surface area contributed by atoms with Crippen molar-refractivity contribution >= 4 is 5.82 Å². The summed E-state index contributed by atoms with van der Waals surface area (Å²) in [4.78, 5) is 26.5. The molecular weight excluding hydrogens is 294 g/mol. The Hall–Kier alpha value is -2.07. The highest BCUT2D eigenvalue weighted by Crippen LogP contribution is 2.18. The smallest absolute Gasteiger partial charge is 0.332 e. The zero-order valence-electron chi connectivity index (χ0n) is 14.3. The van der Waals surface area contributed by atoms with Gasteiger partial charge in [0.2, 0.25) is 0 Å². The lowest BCUT2D eigenvalue weighted by atomic mass is 9.99. The van der Waals surface area contributed by atoms with Crippen LogP contribution in [0.3, 0.4) is 0 Å². The average molecular weight is 319 g/mol. The molecule has 2 heterocycles. The molecule has 0 aliphatic carbocycles. The van der Waals surface area contributed by atoms with Gasteiger partial charge >= 0.3 is 5.69 Å². The molecule has 23 heavy (non-hydrogen) atoms. The molecule has 7 heteroatoms. The monoisotopic (exact) mass is 319 g/mol. The highest BCUT2D eigenvalue weighted by atomic mass is 16.2. The molecule has 1 fully saturated rings. The Morgan fingerprint density at radius 3 is 2.65 bits per heavy atom. The van der Waals surface area contributed by atoms with Crippen LogP contribution in [-0.2, 0) is 14.1 Å². The van der Waals surface area contributed by atoms with Crippen molar-refractivity contribution in [1.82, 2.24) is 14.0 Å². The molecule has 126 valence electrons. The molecule has 0 spiro atoms. The summed E-state index contributed by atoms with van der Waals surface area (Å²) in [7, 11) is 2.95. The lowest BCUT2D eigenvalue weighted by Crippen LogP contribution is -2.45. The van der Waals surface area contributed by atoms with Crippen LogP contribution in [-0.4, -0.2) is 39.7 Å². The summed E-state index contributed by atoms with van der Waals surface area (Å²) in [5.41, 5.74) is -1.01. The molecule has 1 saturated heterocycles. The van der Waals surface area contributed by atoms with E-state index in [-0.39, 0.29) is 11.6 Å². The minimum atomic E-state index is -0.558. The molecule has 0 saturated carbocycles. The molecule has 1 aromatic rings. The summed E-state index contributed by atoms with van der Waals surface area (Å²) in [5.74, 6) is 0.992. The van der Waals surface area contributed by atoms with Crippen molar-refractivity contribution in [2.75, 3.05) is 25.0 Å². The first-order chi connectivity index (χ1) is 10.9. The molecule has 1 N–H and O–H groups in total. The van der Waals surface area contributed by atoms with Crippen LogP contribution in [0.5, 0.6) is 0 Å². The summed E-state index contributed by atoms with van der Waals surface area (Å²) in [5, 5.41) is 12.4. The van der Waals surface area contributed by atoms with E-state index >= 15 is 0 Å². The van der Waals surface area contributed by atoms with Crippen molar-refractivity contribution in [3.63, 3.8) is 0 Å². The van der Waals surface area contributed by atoms with Gasteiger partial charge in [0.1, 0.15) is 11.9 Å². The molecule has 2 atom stereocenters. The van der Waals surface area contributed by atoms with E-state index in [1.807, 2.05) is 6.07 Å². The second-order valence-corrected chi connectivity index (χ2v) is 6.51. The largest absolute Gasteiger partial charge is 0.369 e. The van der Waals surface area contributed by atoms with Gasteiger partial charge in [-0.05, 0) is 32.2 Å². The number of nitrogens with one attached hydrogen (secondary N) is 1. The molecule has 2 unspecified atom stereocenters. The van der Waals surface area contributed by atoms with Crippen molar-refractivity contribution in [3.05, 3.63) is 26.4 Å². The highest BCUT2D eigenvalue weighted by Gasteiger charge is 2.22. The second-order valence-electron chi connectivity index (χ2n) is 6.51. The number of hydrogen-bond acceptors (Lipinski definition) is 5. The van der Waals surface area contributed by atoms with Crippen LogP contribution in [0.4, 0.5) is 5.82 Å². The number of likely N-dealkylation sites (tertiary alicyclic amines) is 1. The quantitative estimate of drug-likeness (QED) is 0.873. The zero-order chi connectivity index (χ0) is 17.1. The van der Waals surface area contributed by atoms with E-state index in [0.29, 0.717) is 18.3 Å². The van der Waals surface area contributed by atoms with Crippen molar-refractivity contribution in [3.8, 4) is 6.07 Å². The number of nitrogens with zero attached hydrogens (tertiary/aromatic N) is 4. The lowest BCUT2D eigenvalue weighted by Gasteiger charge is -2.35. The zero-order valence-corrected chi connectivity index (χ0v) is 14.3. The third-order valence-corrected chi connectivity index (χ3v) is 4.65. The molecular formula is C16H25N5O2. The number of rotatable bonds is 4. The van der Waals surface area contributed by atoms with Crippen molar-refractivity contribution in [1.29, 1.82) is 5.26 Å². The molecule has 1 aliphatic heterocycles. The summed E-state index contributed by atoms with van der Waals surface area (Å²) >= 11 is 0. The number of anilines is 1. The first-order valence-electron chi connectivity index (χ1n) is 8.04. The van der Waals surface area contributed by atoms with E-state index in [9.17, 15) is 14.9 Å². The van der Waals surface area contributed by atoms with Crippen LogP contribution < -0.4 is 16.6 Å². The summed E-state index contributed by atoms with van der Waals surface area (Å²) in [6.07, 6.45) is 2.46. The van der Waals surface area contributed by atoms with Gasteiger partial charge in [-0.1, -0.05) is 6.92 Å². The van der Waals surface area contributed by atoms with Crippen molar-refractivity contribution in [2.24, 2.45) is 20.0 Å². The Balaban J connectivity index is 2.19. The average Bonchev–Trinajstić information content (AvgIpc) is 2.54. The highest BCUT2D eigenvalue weighted by molar-refractivity contribution is 5.51. The first-order valence-corrected chi connectivity index (χ1v) is 8.04. The van der Waals surface area contributed by atoms with E-state index in [4.69, 9.17) is 0 Å². The maximum Gasteiger partial charge on any atom is 0.332 e. The molecule has 1 aliphatic rings. The third-order valence-electron chi connectivity index (χ3n) is 4.65. The minimum Gasteiger partial charge on any atom is -0.369 e. The van der Waals surface area contributed by atoms with Gasteiger partial charge in [-0.15, -0.1) is 0 Å². The standard InChI is InChI=1S/C16H25N5O2/c1-11-6-5-7-21(10-11)12(2)9-18-14-13(8-17)15(22)20(4)16(23)19(14)3/h11-12,18H,5-7,9-10H2,1-4H3. The number of hydrogen-bond donors (Lipinski definition) is 1. The van der Waals surface area contributed by atoms with E-state index in [2.05, 4.69) is 24.1 Å². The Morgan fingerprint density at radius 1 is 1.35 bits per heavy atom. The van der Waals surface area contributed by atoms with Crippen molar-refractivity contribution in [2.45, 2.75) is 32.7 Å².